The molecule has 0 aliphatic heterocycles. The van der Waals surface area contributed by atoms with Crippen molar-refractivity contribution in [2.45, 2.75) is 33.6 Å². The fourth-order valence-corrected chi connectivity index (χ4v) is 1.93. The maximum absolute atomic E-state index is 12.1. The minimum Gasteiger partial charge on any atom is -0.319 e. The molecule has 0 aliphatic carbocycles. The minimum absolute atomic E-state index is 0.183. The first-order valence-electron chi connectivity index (χ1n) is 6.46. The summed E-state index contributed by atoms with van der Waals surface area (Å²) in [5.41, 5.74) is 3.01. The van der Waals surface area contributed by atoms with Crippen LogP contribution >= 0.6 is 0 Å². The monoisotopic (exact) mass is 258 g/mol. The Morgan fingerprint density at radius 3 is 2.74 bits per heavy atom. The van der Waals surface area contributed by atoms with Crippen molar-refractivity contribution in [3.05, 3.63) is 41.0 Å². The van der Waals surface area contributed by atoms with E-state index in [0.717, 1.165) is 29.7 Å². The van der Waals surface area contributed by atoms with Crippen molar-refractivity contribution >= 4 is 11.6 Å². The quantitative estimate of drug-likeness (QED) is 0.885. The van der Waals surface area contributed by atoms with E-state index in [-0.39, 0.29) is 11.7 Å². The normalized spacial score (nSPS) is 10.5. The first kappa shape index (κ1) is 13.3. The molecule has 0 saturated carbocycles. The molecule has 1 aromatic carbocycles. The van der Waals surface area contributed by atoms with E-state index in [0.29, 0.717) is 5.82 Å². The smallest absolute Gasteiger partial charge is 0.295 e. The molecule has 2 N–H and O–H groups in total. The Morgan fingerprint density at radius 1 is 1.32 bits per heavy atom. The summed E-state index contributed by atoms with van der Waals surface area (Å²) in [6.07, 6.45) is 1.59. The molecule has 2 aromatic rings. The van der Waals surface area contributed by atoms with Gasteiger partial charge in [-0.15, -0.1) is 5.10 Å². The van der Waals surface area contributed by atoms with Crippen LogP contribution in [0.3, 0.4) is 0 Å². The lowest BCUT2D eigenvalue weighted by molar-refractivity contribution is 0.101. The summed E-state index contributed by atoms with van der Waals surface area (Å²) in [6.45, 7) is 6.00. The van der Waals surface area contributed by atoms with Gasteiger partial charge in [0, 0.05) is 12.1 Å². The Labute approximate surface area is 112 Å². The number of nitrogens with one attached hydrogen (secondary N) is 2. The van der Waals surface area contributed by atoms with Crippen LogP contribution in [0.15, 0.2) is 18.2 Å². The van der Waals surface area contributed by atoms with E-state index in [9.17, 15) is 4.79 Å². The van der Waals surface area contributed by atoms with Gasteiger partial charge in [0.2, 0.25) is 5.82 Å². The predicted molar refractivity (Wildman–Crippen MR) is 74.3 cm³/mol. The largest absolute Gasteiger partial charge is 0.319 e. The van der Waals surface area contributed by atoms with E-state index < -0.39 is 0 Å². The summed E-state index contributed by atoms with van der Waals surface area (Å²) >= 11 is 0. The van der Waals surface area contributed by atoms with Gasteiger partial charge in [-0.3, -0.25) is 9.89 Å². The molecule has 0 aliphatic rings. The SMILES string of the molecule is CCc1nc(C(=O)Nc2c(C)cccc2CC)n[nH]1. The number of H-pyrrole nitrogens is 1. The molecular weight excluding hydrogens is 240 g/mol. The average molecular weight is 258 g/mol. The Morgan fingerprint density at radius 2 is 2.11 bits per heavy atom. The van der Waals surface area contributed by atoms with E-state index in [2.05, 4.69) is 27.4 Å². The fourth-order valence-electron chi connectivity index (χ4n) is 1.93. The van der Waals surface area contributed by atoms with Crippen molar-refractivity contribution in [2.75, 3.05) is 5.32 Å². The van der Waals surface area contributed by atoms with Crippen LogP contribution in [0.25, 0.3) is 0 Å². The molecule has 0 bridgehead atoms. The molecular formula is C14H18N4O. The summed E-state index contributed by atoms with van der Waals surface area (Å²) in [4.78, 5) is 16.2. The molecule has 1 heterocycles. The third kappa shape index (κ3) is 2.81. The molecule has 5 heteroatoms. The van der Waals surface area contributed by atoms with Gasteiger partial charge in [0.1, 0.15) is 5.82 Å². The lowest BCUT2D eigenvalue weighted by Crippen LogP contribution is -2.16. The van der Waals surface area contributed by atoms with Crippen molar-refractivity contribution in [1.29, 1.82) is 0 Å². The lowest BCUT2D eigenvalue weighted by Gasteiger charge is -2.11. The molecule has 5 nitrogen and oxygen atoms in total. The molecule has 0 spiro atoms. The number of hydrogen-bond donors (Lipinski definition) is 2. The number of hydrogen-bond acceptors (Lipinski definition) is 3. The van der Waals surface area contributed by atoms with Crippen LogP contribution in [0.2, 0.25) is 0 Å². The van der Waals surface area contributed by atoms with Gasteiger partial charge < -0.3 is 5.32 Å². The zero-order chi connectivity index (χ0) is 13.8. The zero-order valence-corrected chi connectivity index (χ0v) is 11.4. The van der Waals surface area contributed by atoms with Gasteiger partial charge in [-0.05, 0) is 24.5 Å². The Balaban J connectivity index is 2.23. The zero-order valence-electron chi connectivity index (χ0n) is 11.4. The van der Waals surface area contributed by atoms with Crippen LogP contribution in [0.4, 0.5) is 5.69 Å². The van der Waals surface area contributed by atoms with Gasteiger partial charge in [0.05, 0.1) is 0 Å². The molecule has 1 aromatic heterocycles. The van der Waals surface area contributed by atoms with E-state index in [1.54, 1.807) is 0 Å². The van der Waals surface area contributed by atoms with Crippen molar-refractivity contribution in [2.24, 2.45) is 0 Å². The number of aromatic nitrogens is 3. The van der Waals surface area contributed by atoms with E-state index in [4.69, 9.17) is 0 Å². The number of aromatic amines is 1. The number of para-hydroxylation sites is 1. The van der Waals surface area contributed by atoms with Crippen molar-refractivity contribution in [3.8, 4) is 0 Å². The van der Waals surface area contributed by atoms with Gasteiger partial charge in [-0.25, -0.2) is 4.98 Å². The van der Waals surface area contributed by atoms with Crippen LogP contribution in [0.5, 0.6) is 0 Å². The summed E-state index contributed by atoms with van der Waals surface area (Å²) in [6, 6.07) is 5.98. The van der Waals surface area contributed by atoms with Crippen molar-refractivity contribution in [3.63, 3.8) is 0 Å². The molecule has 0 unspecified atom stereocenters. The Kier molecular flexibility index (Phi) is 3.94. The van der Waals surface area contributed by atoms with E-state index in [1.165, 1.54) is 0 Å². The lowest BCUT2D eigenvalue weighted by atomic mass is 10.1. The fraction of sp³-hybridized carbons (Fsp3) is 0.357. The number of rotatable bonds is 4. The number of benzene rings is 1. The number of aryl methyl sites for hydroxylation is 3. The number of carbonyl (C=O) groups is 1. The summed E-state index contributed by atoms with van der Waals surface area (Å²) in [7, 11) is 0. The Bertz CT molecular complexity index is 589. The van der Waals surface area contributed by atoms with Crippen LogP contribution in [0, 0.1) is 6.92 Å². The van der Waals surface area contributed by atoms with Gasteiger partial charge in [-0.1, -0.05) is 32.0 Å². The molecule has 19 heavy (non-hydrogen) atoms. The highest BCUT2D eigenvalue weighted by atomic mass is 16.2. The average Bonchev–Trinajstić information content (AvgIpc) is 2.90. The minimum atomic E-state index is -0.278. The molecule has 0 fully saturated rings. The molecule has 0 saturated heterocycles. The van der Waals surface area contributed by atoms with Crippen molar-refractivity contribution < 1.29 is 4.79 Å². The van der Waals surface area contributed by atoms with Crippen LogP contribution in [-0.2, 0) is 12.8 Å². The standard InChI is InChI=1S/C14H18N4O/c1-4-10-8-6-7-9(3)12(10)16-14(19)13-15-11(5-2)17-18-13/h6-8H,4-5H2,1-3H3,(H,16,19)(H,15,17,18). The first-order chi connectivity index (χ1) is 9.15. The maximum Gasteiger partial charge on any atom is 0.295 e. The van der Waals surface area contributed by atoms with Crippen LogP contribution < -0.4 is 5.32 Å². The van der Waals surface area contributed by atoms with Crippen molar-refractivity contribution in [1.82, 2.24) is 15.2 Å². The maximum atomic E-state index is 12.1. The highest BCUT2D eigenvalue weighted by Gasteiger charge is 2.14. The Hall–Kier alpha value is -2.17. The molecule has 100 valence electrons. The number of amides is 1. The van der Waals surface area contributed by atoms with E-state index in [1.807, 2.05) is 32.0 Å². The van der Waals surface area contributed by atoms with Gasteiger partial charge in [-0.2, -0.15) is 0 Å². The highest BCUT2D eigenvalue weighted by molar-refractivity contribution is 6.02. The van der Waals surface area contributed by atoms with Crippen LogP contribution in [0.1, 0.15) is 41.4 Å². The highest BCUT2D eigenvalue weighted by Crippen LogP contribution is 2.21. The second kappa shape index (κ2) is 5.65. The number of carbonyl (C=O) groups excluding carboxylic acids is 1. The number of anilines is 1. The topological polar surface area (TPSA) is 70.7 Å². The summed E-state index contributed by atoms with van der Waals surface area (Å²) in [5.74, 6) is 0.618. The third-order valence-electron chi connectivity index (χ3n) is 3.05. The predicted octanol–water partition coefficient (Wildman–Crippen LogP) is 2.49. The van der Waals surface area contributed by atoms with E-state index >= 15 is 0 Å². The van der Waals surface area contributed by atoms with Gasteiger partial charge in [0.15, 0.2) is 0 Å². The molecule has 0 atom stereocenters. The summed E-state index contributed by atoms with van der Waals surface area (Å²) < 4.78 is 0. The molecule has 2 rings (SSSR count). The first-order valence-corrected chi connectivity index (χ1v) is 6.46. The van der Waals surface area contributed by atoms with Gasteiger partial charge >= 0.3 is 0 Å². The third-order valence-corrected chi connectivity index (χ3v) is 3.05. The van der Waals surface area contributed by atoms with Gasteiger partial charge in [0.25, 0.3) is 5.91 Å². The number of nitrogens with zero attached hydrogens (tertiary/aromatic N) is 2. The molecule has 0 radical (unpaired) electrons. The summed E-state index contributed by atoms with van der Waals surface area (Å²) in [5, 5.41) is 9.56. The second-order valence-electron chi connectivity index (χ2n) is 4.38. The molecule has 1 amide bonds. The van der Waals surface area contributed by atoms with Crippen LogP contribution in [-0.4, -0.2) is 21.1 Å². The second-order valence-corrected chi connectivity index (χ2v) is 4.38.